The maximum absolute atomic E-state index is 4.35. The lowest BCUT2D eigenvalue weighted by atomic mass is 10.3. The topological polar surface area (TPSA) is 12.4 Å². The predicted molar refractivity (Wildman–Crippen MR) is 54.5 cm³/mol. The van der Waals surface area contributed by atoms with Crippen LogP contribution in [-0.2, 0) is 0 Å². The Labute approximate surface area is 71.9 Å². The van der Waals surface area contributed by atoms with E-state index < -0.39 is 0 Å². The normalized spacial score (nSPS) is 10.5. The zero-order valence-corrected chi connectivity index (χ0v) is 8.78. The van der Waals surface area contributed by atoms with Crippen molar-refractivity contribution in [2.45, 2.75) is 53.9 Å². The zero-order chi connectivity index (χ0) is 9.11. The van der Waals surface area contributed by atoms with E-state index in [0.717, 1.165) is 13.0 Å². The fraction of sp³-hybridized carbons (Fsp3) is 0.900. The van der Waals surface area contributed by atoms with Gasteiger partial charge >= 0.3 is 0 Å². The van der Waals surface area contributed by atoms with Crippen LogP contribution in [0.1, 0.15) is 53.9 Å². The lowest BCUT2D eigenvalue weighted by Crippen LogP contribution is -1.89. The van der Waals surface area contributed by atoms with Crippen molar-refractivity contribution in [1.82, 2.24) is 0 Å². The van der Waals surface area contributed by atoms with Crippen LogP contribution >= 0.6 is 0 Å². The molecule has 0 aliphatic heterocycles. The number of unbranched alkanes of at least 4 members (excludes halogenated alkanes) is 1. The molecule has 0 saturated carbocycles. The van der Waals surface area contributed by atoms with Crippen molar-refractivity contribution in [3.8, 4) is 0 Å². The van der Waals surface area contributed by atoms with Gasteiger partial charge in [0, 0.05) is 12.3 Å². The minimum Gasteiger partial charge on any atom is -0.294 e. The highest BCUT2D eigenvalue weighted by molar-refractivity contribution is 5.81. The minimum absolute atomic E-state index is 1.02. The Morgan fingerprint density at radius 1 is 1.18 bits per heavy atom. The van der Waals surface area contributed by atoms with Gasteiger partial charge in [-0.25, -0.2) is 0 Å². The van der Waals surface area contributed by atoms with Gasteiger partial charge in [0.15, 0.2) is 0 Å². The SMILES string of the molecule is CC.CCCCN=C(C)CC. The van der Waals surface area contributed by atoms with Gasteiger partial charge in [-0.1, -0.05) is 34.1 Å². The molecule has 0 aliphatic carbocycles. The first kappa shape index (κ1) is 13.3. The van der Waals surface area contributed by atoms with Crippen molar-refractivity contribution in [2.75, 3.05) is 6.54 Å². The van der Waals surface area contributed by atoms with Crippen molar-refractivity contribution < 1.29 is 0 Å². The van der Waals surface area contributed by atoms with Gasteiger partial charge in [-0.2, -0.15) is 0 Å². The van der Waals surface area contributed by atoms with E-state index in [0.29, 0.717) is 0 Å². The smallest absolute Gasteiger partial charge is 0.0388 e. The molecule has 0 spiro atoms. The summed E-state index contributed by atoms with van der Waals surface area (Å²) in [7, 11) is 0. The molecule has 11 heavy (non-hydrogen) atoms. The van der Waals surface area contributed by atoms with Crippen LogP contribution in [0.2, 0.25) is 0 Å². The van der Waals surface area contributed by atoms with Crippen LogP contribution < -0.4 is 0 Å². The molecule has 0 aromatic rings. The largest absolute Gasteiger partial charge is 0.294 e. The summed E-state index contributed by atoms with van der Waals surface area (Å²) in [6.07, 6.45) is 3.58. The molecule has 0 amide bonds. The molecule has 0 fully saturated rings. The molecule has 68 valence electrons. The summed E-state index contributed by atoms with van der Waals surface area (Å²) in [6, 6.07) is 0. The molecule has 0 N–H and O–H groups in total. The lowest BCUT2D eigenvalue weighted by Gasteiger charge is -1.93. The van der Waals surface area contributed by atoms with Gasteiger partial charge in [0.1, 0.15) is 0 Å². The van der Waals surface area contributed by atoms with Gasteiger partial charge in [0.2, 0.25) is 0 Å². The van der Waals surface area contributed by atoms with E-state index in [1.54, 1.807) is 0 Å². The Morgan fingerprint density at radius 2 is 1.73 bits per heavy atom. The van der Waals surface area contributed by atoms with Crippen LogP contribution in [0.25, 0.3) is 0 Å². The second-order valence-corrected chi connectivity index (χ2v) is 2.32. The molecule has 0 unspecified atom stereocenters. The van der Waals surface area contributed by atoms with E-state index in [4.69, 9.17) is 0 Å². The molecular weight excluding hydrogens is 134 g/mol. The molecule has 0 rings (SSSR count). The molecule has 0 aromatic carbocycles. The van der Waals surface area contributed by atoms with Gasteiger partial charge in [0.05, 0.1) is 0 Å². The minimum atomic E-state index is 1.02. The third-order valence-corrected chi connectivity index (χ3v) is 1.41. The summed E-state index contributed by atoms with van der Waals surface area (Å²) in [5.74, 6) is 0. The summed E-state index contributed by atoms with van der Waals surface area (Å²) in [4.78, 5) is 4.35. The number of nitrogens with zero attached hydrogens (tertiary/aromatic N) is 1. The number of rotatable bonds is 4. The first-order valence-electron chi connectivity index (χ1n) is 4.81. The Hall–Kier alpha value is -0.330. The van der Waals surface area contributed by atoms with Crippen LogP contribution in [0, 0.1) is 0 Å². The summed E-state index contributed by atoms with van der Waals surface area (Å²) >= 11 is 0. The summed E-state index contributed by atoms with van der Waals surface area (Å²) < 4.78 is 0. The van der Waals surface area contributed by atoms with Gasteiger partial charge in [-0.3, -0.25) is 4.99 Å². The maximum Gasteiger partial charge on any atom is 0.0388 e. The Kier molecular flexibility index (Phi) is 14.9. The molecular formula is C10H23N. The maximum atomic E-state index is 4.35. The molecule has 0 heterocycles. The number of hydrogen-bond donors (Lipinski definition) is 0. The van der Waals surface area contributed by atoms with Gasteiger partial charge in [-0.15, -0.1) is 0 Å². The third-order valence-electron chi connectivity index (χ3n) is 1.41. The molecule has 0 aliphatic rings. The predicted octanol–water partition coefficient (Wildman–Crippen LogP) is 3.68. The number of hydrogen-bond acceptors (Lipinski definition) is 1. The first-order chi connectivity index (χ1) is 5.31. The molecule has 0 atom stereocenters. The zero-order valence-electron chi connectivity index (χ0n) is 8.78. The van der Waals surface area contributed by atoms with Crippen LogP contribution in [0.15, 0.2) is 4.99 Å². The van der Waals surface area contributed by atoms with E-state index in [1.165, 1.54) is 18.6 Å². The fourth-order valence-electron chi connectivity index (χ4n) is 0.540. The van der Waals surface area contributed by atoms with E-state index in [9.17, 15) is 0 Å². The average Bonchev–Trinajstić information content (AvgIpc) is 2.08. The first-order valence-corrected chi connectivity index (χ1v) is 4.81. The van der Waals surface area contributed by atoms with E-state index in [1.807, 2.05) is 13.8 Å². The van der Waals surface area contributed by atoms with Gasteiger partial charge < -0.3 is 0 Å². The van der Waals surface area contributed by atoms with Crippen molar-refractivity contribution in [3.63, 3.8) is 0 Å². The van der Waals surface area contributed by atoms with Crippen LogP contribution in [-0.4, -0.2) is 12.3 Å². The second-order valence-electron chi connectivity index (χ2n) is 2.32. The molecule has 1 nitrogen and oxygen atoms in total. The molecule has 1 heteroatoms. The number of aliphatic imine (C=N–C) groups is 1. The van der Waals surface area contributed by atoms with Gasteiger partial charge in [0.25, 0.3) is 0 Å². The van der Waals surface area contributed by atoms with Crippen LogP contribution in [0.4, 0.5) is 0 Å². The van der Waals surface area contributed by atoms with E-state index in [2.05, 4.69) is 25.8 Å². The van der Waals surface area contributed by atoms with Gasteiger partial charge in [-0.05, 0) is 19.8 Å². The fourth-order valence-corrected chi connectivity index (χ4v) is 0.540. The molecule has 0 saturated heterocycles. The third kappa shape index (κ3) is 12.8. The Bertz CT molecular complexity index is 84.9. The summed E-state index contributed by atoms with van der Waals surface area (Å²) in [5.41, 5.74) is 1.28. The van der Waals surface area contributed by atoms with Crippen molar-refractivity contribution in [3.05, 3.63) is 0 Å². The average molecular weight is 157 g/mol. The van der Waals surface area contributed by atoms with Crippen molar-refractivity contribution in [1.29, 1.82) is 0 Å². The summed E-state index contributed by atoms with van der Waals surface area (Å²) in [5, 5.41) is 0. The quantitative estimate of drug-likeness (QED) is 0.436. The van der Waals surface area contributed by atoms with Crippen LogP contribution in [0.5, 0.6) is 0 Å². The van der Waals surface area contributed by atoms with E-state index >= 15 is 0 Å². The second kappa shape index (κ2) is 12.4. The van der Waals surface area contributed by atoms with Crippen molar-refractivity contribution in [2.24, 2.45) is 4.99 Å². The van der Waals surface area contributed by atoms with Crippen molar-refractivity contribution >= 4 is 5.71 Å². The molecule has 0 radical (unpaired) electrons. The molecule has 0 aromatic heterocycles. The lowest BCUT2D eigenvalue weighted by molar-refractivity contribution is 0.805. The Morgan fingerprint density at radius 3 is 2.09 bits per heavy atom. The molecule has 0 bridgehead atoms. The monoisotopic (exact) mass is 157 g/mol. The van der Waals surface area contributed by atoms with Crippen LogP contribution in [0.3, 0.4) is 0 Å². The highest BCUT2D eigenvalue weighted by Crippen LogP contribution is 1.89. The Balaban J connectivity index is 0. The standard InChI is InChI=1S/C8H17N.C2H6/c1-4-6-7-9-8(3)5-2;1-2/h4-7H2,1-3H3;1-2H3. The summed E-state index contributed by atoms with van der Waals surface area (Å²) in [6.45, 7) is 11.5. The highest BCUT2D eigenvalue weighted by Gasteiger charge is 1.83. The van der Waals surface area contributed by atoms with E-state index in [-0.39, 0.29) is 0 Å². The highest BCUT2D eigenvalue weighted by atomic mass is 14.7.